The van der Waals surface area contributed by atoms with Crippen molar-refractivity contribution in [2.75, 3.05) is 5.32 Å². The monoisotopic (exact) mass is 359 g/mol. The Morgan fingerprint density at radius 3 is 2.19 bits per heavy atom. The number of rotatable bonds is 5. The highest BCUT2D eigenvalue weighted by molar-refractivity contribution is 5.95. The summed E-state index contributed by atoms with van der Waals surface area (Å²) in [6.45, 7) is 1.58. The summed E-state index contributed by atoms with van der Waals surface area (Å²) in [6, 6.07) is 5.52. The zero-order chi connectivity index (χ0) is 18.3. The molecule has 5 heteroatoms. The third kappa shape index (κ3) is 3.62. The lowest BCUT2D eigenvalue weighted by Crippen LogP contribution is -2.47. The molecule has 4 aliphatic carbocycles. The van der Waals surface area contributed by atoms with Crippen LogP contribution in [0, 0.1) is 29.0 Å². The van der Waals surface area contributed by atoms with Crippen molar-refractivity contribution in [3.63, 3.8) is 0 Å². The average Bonchev–Trinajstić information content (AvgIpc) is 2.55. The van der Waals surface area contributed by atoms with E-state index in [0.29, 0.717) is 12.1 Å². The zero-order valence-corrected chi connectivity index (χ0v) is 15.2. The maximum absolute atomic E-state index is 12.9. The van der Waals surface area contributed by atoms with Crippen LogP contribution in [0.1, 0.15) is 51.9 Å². The molecule has 5 rings (SSSR count). The van der Waals surface area contributed by atoms with Crippen molar-refractivity contribution in [3.8, 4) is 0 Å². The quantitative estimate of drug-likeness (QED) is 0.798. The van der Waals surface area contributed by atoms with E-state index in [4.69, 9.17) is 4.74 Å². The smallest absolute Gasteiger partial charge is 0.307 e. The minimum atomic E-state index is -0.860. The van der Waals surface area contributed by atoms with Crippen LogP contribution in [0.15, 0.2) is 24.3 Å². The summed E-state index contributed by atoms with van der Waals surface area (Å²) < 4.78 is 18.3. The largest absolute Gasteiger partial charge is 0.453 e. The highest BCUT2D eigenvalue weighted by atomic mass is 19.1. The molecule has 0 heterocycles. The Labute approximate surface area is 153 Å². The Morgan fingerprint density at radius 2 is 1.65 bits per heavy atom. The molecule has 4 saturated carbocycles. The van der Waals surface area contributed by atoms with Gasteiger partial charge in [0.1, 0.15) is 5.82 Å². The van der Waals surface area contributed by atoms with Crippen molar-refractivity contribution < 1.29 is 18.7 Å². The summed E-state index contributed by atoms with van der Waals surface area (Å²) in [5.41, 5.74) is 0.597. The molecule has 26 heavy (non-hydrogen) atoms. The number of carbonyl (C=O) groups is 2. The number of halogens is 1. The molecule has 1 atom stereocenters. The molecule has 1 aromatic rings. The van der Waals surface area contributed by atoms with Gasteiger partial charge in [-0.2, -0.15) is 0 Å². The molecule has 4 fully saturated rings. The van der Waals surface area contributed by atoms with Gasteiger partial charge >= 0.3 is 5.97 Å². The van der Waals surface area contributed by atoms with Crippen LogP contribution in [-0.2, 0) is 14.3 Å². The van der Waals surface area contributed by atoms with Crippen LogP contribution in [0.5, 0.6) is 0 Å². The lowest BCUT2D eigenvalue weighted by molar-refractivity contribution is -0.160. The first-order valence-electron chi connectivity index (χ1n) is 9.67. The van der Waals surface area contributed by atoms with Crippen LogP contribution in [0.2, 0.25) is 0 Å². The van der Waals surface area contributed by atoms with Gasteiger partial charge in [0.2, 0.25) is 0 Å². The van der Waals surface area contributed by atoms with Gasteiger partial charge in [-0.1, -0.05) is 0 Å². The molecule has 0 radical (unpaired) electrons. The van der Waals surface area contributed by atoms with E-state index in [9.17, 15) is 14.0 Å². The first kappa shape index (κ1) is 17.5. The van der Waals surface area contributed by atoms with Crippen LogP contribution in [0.3, 0.4) is 0 Å². The molecular weight excluding hydrogens is 333 g/mol. The summed E-state index contributed by atoms with van der Waals surface area (Å²) in [5, 5.41) is 2.65. The highest BCUT2D eigenvalue weighted by Gasteiger charge is 2.51. The van der Waals surface area contributed by atoms with E-state index in [1.54, 1.807) is 6.92 Å². The fourth-order valence-electron chi connectivity index (χ4n) is 5.88. The van der Waals surface area contributed by atoms with Crippen LogP contribution in [-0.4, -0.2) is 18.0 Å². The number of hydrogen-bond acceptors (Lipinski definition) is 3. The Kier molecular flexibility index (Phi) is 4.49. The van der Waals surface area contributed by atoms with Gasteiger partial charge in [-0.3, -0.25) is 9.59 Å². The zero-order valence-electron chi connectivity index (χ0n) is 15.2. The Bertz CT molecular complexity index is 664. The second kappa shape index (κ2) is 6.67. The molecule has 4 bridgehead atoms. The normalized spacial score (nSPS) is 32.9. The van der Waals surface area contributed by atoms with Crippen LogP contribution >= 0.6 is 0 Å². The first-order chi connectivity index (χ1) is 12.4. The number of esters is 1. The average molecular weight is 359 g/mol. The van der Waals surface area contributed by atoms with Gasteiger partial charge in [0.25, 0.3) is 5.91 Å². The van der Waals surface area contributed by atoms with Gasteiger partial charge in [-0.25, -0.2) is 4.39 Å². The van der Waals surface area contributed by atoms with E-state index in [1.807, 2.05) is 0 Å². The van der Waals surface area contributed by atoms with Crippen molar-refractivity contribution in [1.82, 2.24) is 0 Å². The maximum Gasteiger partial charge on any atom is 0.307 e. The summed E-state index contributed by atoms with van der Waals surface area (Å²) in [6.07, 6.45) is 7.02. The molecule has 4 nitrogen and oxygen atoms in total. The molecule has 0 aliphatic heterocycles. The molecule has 0 saturated heterocycles. The Balaban J connectivity index is 1.31. The molecule has 1 amide bonds. The van der Waals surface area contributed by atoms with E-state index in [1.165, 1.54) is 43.5 Å². The molecule has 1 aromatic carbocycles. The lowest BCUT2D eigenvalue weighted by atomic mass is 9.49. The van der Waals surface area contributed by atoms with E-state index in [-0.39, 0.29) is 17.2 Å². The fraction of sp³-hybridized carbons (Fsp3) is 0.619. The number of hydrogen-bond donors (Lipinski definition) is 1. The molecular formula is C21H26FNO3. The number of ether oxygens (including phenoxy) is 1. The van der Waals surface area contributed by atoms with E-state index in [0.717, 1.165) is 37.0 Å². The molecule has 0 aromatic heterocycles. The summed E-state index contributed by atoms with van der Waals surface area (Å²) in [7, 11) is 0. The van der Waals surface area contributed by atoms with Gasteiger partial charge < -0.3 is 10.1 Å². The topological polar surface area (TPSA) is 55.4 Å². The third-order valence-corrected chi connectivity index (χ3v) is 6.47. The summed E-state index contributed by atoms with van der Waals surface area (Å²) in [4.78, 5) is 24.7. The SMILES string of the molecule is C[C@H](OC(=O)CC12CC3CC(CC(C3)C1)C2)C(=O)Nc1ccc(F)cc1. The van der Waals surface area contributed by atoms with Crippen molar-refractivity contribution in [1.29, 1.82) is 0 Å². The highest BCUT2D eigenvalue weighted by Crippen LogP contribution is 2.61. The van der Waals surface area contributed by atoms with Gasteiger partial charge in [0.05, 0.1) is 6.42 Å². The first-order valence-corrected chi connectivity index (χ1v) is 9.67. The predicted octanol–water partition coefficient (Wildman–Crippen LogP) is 4.30. The Morgan fingerprint density at radius 1 is 1.12 bits per heavy atom. The van der Waals surface area contributed by atoms with Crippen LogP contribution < -0.4 is 5.32 Å². The van der Waals surface area contributed by atoms with Crippen molar-refractivity contribution >= 4 is 17.6 Å². The standard InChI is InChI=1S/C21H26FNO3/c1-13(20(25)23-18-4-2-17(22)3-5-18)26-19(24)12-21-9-14-6-15(10-21)8-16(7-14)11-21/h2-5,13-16H,6-12H2,1H3,(H,23,25)/t13-,14?,15?,16?,21?/m0/s1. The fourth-order valence-corrected chi connectivity index (χ4v) is 5.88. The summed E-state index contributed by atoms with van der Waals surface area (Å²) >= 11 is 0. The molecule has 140 valence electrons. The van der Waals surface area contributed by atoms with Gasteiger partial charge in [-0.05, 0) is 92.9 Å². The second-order valence-corrected chi connectivity index (χ2v) is 8.72. The molecule has 0 spiro atoms. The van der Waals surface area contributed by atoms with Crippen molar-refractivity contribution in [3.05, 3.63) is 30.1 Å². The van der Waals surface area contributed by atoms with Crippen LogP contribution in [0.25, 0.3) is 0 Å². The number of anilines is 1. The molecule has 4 aliphatic rings. The lowest BCUT2D eigenvalue weighted by Gasteiger charge is -2.56. The second-order valence-electron chi connectivity index (χ2n) is 8.72. The van der Waals surface area contributed by atoms with Gasteiger partial charge in [-0.15, -0.1) is 0 Å². The minimum absolute atomic E-state index is 0.110. The molecule has 0 unspecified atom stereocenters. The predicted molar refractivity (Wildman–Crippen MR) is 95.8 cm³/mol. The number of nitrogens with one attached hydrogen (secondary N) is 1. The number of benzene rings is 1. The van der Waals surface area contributed by atoms with E-state index >= 15 is 0 Å². The van der Waals surface area contributed by atoms with E-state index in [2.05, 4.69) is 5.32 Å². The van der Waals surface area contributed by atoms with Gasteiger partial charge in [0, 0.05) is 5.69 Å². The van der Waals surface area contributed by atoms with Gasteiger partial charge in [0.15, 0.2) is 6.10 Å². The van der Waals surface area contributed by atoms with Crippen LogP contribution in [0.4, 0.5) is 10.1 Å². The van der Waals surface area contributed by atoms with Crippen molar-refractivity contribution in [2.45, 2.75) is 58.0 Å². The third-order valence-electron chi connectivity index (χ3n) is 6.47. The maximum atomic E-state index is 12.9. The minimum Gasteiger partial charge on any atom is -0.453 e. The van der Waals surface area contributed by atoms with Crippen molar-refractivity contribution in [2.24, 2.45) is 23.2 Å². The number of amides is 1. The number of carbonyl (C=O) groups excluding carboxylic acids is 2. The summed E-state index contributed by atoms with van der Waals surface area (Å²) in [5.74, 6) is 1.33. The Hall–Kier alpha value is -1.91. The van der Waals surface area contributed by atoms with E-state index < -0.39 is 12.0 Å². The molecule has 1 N–H and O–H groups in total.